The molecule has 0 fully saturated rings. The van der Waals surface area contributed by atoms with Crippen LogP contribution in [0.25, 0.3) is 0 Å². The summed E-state index contributed by atoms with van der Waals surface area (Å²) in [5, 5.41) is 0. The van der Waals surface area contributed by atoms with Crippen molar-refractivity contribution in [2.24, 2.45) is 0 Å². The van der Waals surface area contributed by atoms with Crippen molar-refractivity contribution in [2.45, 2.75) is 39.0 Å². The van der Waals surface area contributed by atoms with E-state index < -0.39 is 0 Å². The van der Waals surface area contributed by atoms with Crippen molar-refractivity contribution in [3.8, 4) is 5.75 Å². The molecule has 1 aliphatic carbocycles. The summed E-state index contributed by atoms with van der Waals surface area (Å²) in [6.45, 7) is 3.83. The molecule has 0 aromatic heterocycles. The van der Waals surface area contributed by atoms with E-state index in [-0.39, 0.29) is 5.78 Å². The SMILES string of the molecule is COc1cc2c(cc1C(C)=O)CCC[C@@H]2C. The van der Waals surface area contributed by atoms with Crippen molar-refractivity contribution < 1.29 is 9.53 Å². The molecule has 0 aliphatic heterocycles. The quantitative estimate of drug-likeness (QED) is 0.712. The van der Waals surface area contributed by atoms with Crippen LogP contribution in [0.4, 0.5) is 0 Å². The molecule has 2 nitrogen and oxygen atoms in total. The standard InChI is InChI=1S/C14H18O2/c1-9-5-4-6-11-7-13(10(2)15)14(16-3)8-12(9)11/h7-9H,4-6H2,1-3H3/t9-/m0/s1. The molecule has 0 amide bonds. The van der Waals surface area contributed by atoms with Crippen LogP contribution < -0.4 is 4.74 Å². The Kier molecular flexibility index (Phi) is 2.99. The number of Topliss-reactive ketones (excluding diaryl/α,β-unsaturated/α-hetero) is 1. The maximum Gasteiger partial charge on any atom is 0.163 e. The fourth-order valence-corrected chi connectivity index (χ4v) is 2.51. The first-order valence-corrected chi connectivity index (χ1v) is 5.85. The summed E-state index contributed by atoms with van der Waals surface area (Å²) in [7, 11) is 1.63. The van der Waals surface area contributed by atoms with Crippen molar-refractivity contribution in [2.75, 3.05) is 7.11 Å². The Morgan fingerprint density at radius 3 is 2.81 bits per heavy atom. The Bertz CT molecular complexity index is 421. The fraction of sp³-hybridized carbons (Fsp3) is 0.500. The van der Waals surface area contributed by atoms with E-state index in [1.54, 1.807) is 14.0 Å². The zero-order valence-corrected chi connectivity index (χ0v) is 10.2. The van der Waals surface area contributed by atoms with Gasteiger partial charge in [0.1, 0.15) is 5.75 Å². The largest absolute Gasteiger partial charge is 0.496 e. The van der Waals surface area contributed by atoms with Gasteiger partial charge in [0.15, 0.2) is 5.78 Å². The van der Waals surface area contributed by atoms with Gasteiger partial charge in [-0.3, -0.25) is 4.79 Å². The number of benzene rings is 1. The molecule has 1 aliphatic rings. The number of carbonyl (C=O) groups excluding carboxylic acids is 1. The molecule has 16 heavy (non-hydrogen) atoms. The Labute approximate surface area is 96.6 Å². The van der Waals surface area contributed by atoms with E-state index in [1.807, 2.05) is 6.07 Å². The second-order valence-electron chi connectivity index (χ2n) is 4.60. The number of hydrogen-bond donors (Lipinski definition) is 0. The lowest BCUT2D eigenvalue weighted by Crippen LogP contribution is -2.10. The highest BCUT2D eigenvalue weighted by Crippen LogP contribution is 2.35. The summed E-state index contributed by atoms with van der Waals surface area (Å²) in [5.41, 5.74) is 3.40. The number of rotatable bonds is 2. The first-order valence-electron chi connectivity index (χ1n) is 5.85. The van der Waals surface area contributed by atoms with Gasteiger partial charge in [-0.15, -0.1) is 0 Å². The van der Waals surface area contributed by atoms with Gasteiger partial charge in [-0.2, -0.15) is 0 Å². The molecule has 86 valence electrons. The van der Waals surface area contributed by atoms with Crippen LogP contribution in [0.15, 0.2) is 12.1 Å². The molecule has 1 aromatic carbocycles. The van der Waals surface area contributed by atoms with Crippen molar-refractivity contribution in [3.63, 3.8) is 0 Å². The van der Waals surface area contributed by atoms with Crippen LogP contribution in [0, 0.1) is 0 Å². The van der Waals surface area contributed by atoms with Gasteiger partial charge in [0.2, 0.25) is 0 Å². The van der Waals surface area contributed by atoms with Crippen LogP contribution >= 0.6 is 0 Å². The van der Waals surface area contributed by atoms with Gasteiger partial charge in [-0.05, 0) is 55.4 Å². The molecule has 2 heteroatoms. The summed E-state index contributed by atoms with van der Waals surface area (Å²) < 4.78 is 5.30. The van der Waals surface area contributed by atoms with Gasteiger partial charge in [-0.25, -0.2) is 0 Å². The lowest BCUT2D eigenvalue weighted by Gasteiger charge is -2.24. The van der Waals surface area contributed by atoms with Gasteiger partial charge in [0.25, 0.3) is 0 Å². The topological polar surface area (TPSA) is 26.3 Å². The van der Waals surface area contributed by atoms with Crippen LogP contribution in [0.3, 0.4) is 0 Å². The molecule has 0 N–H and O–H groups in total. The average molecular weight is 218 g/mol. The summed E-state index contributed by atoms with van der Waals surface area (Å²) in [6, 6.07) is 4.07. The van der Waals surface area contributed by atoms with Gasteiger partial charge >= 0.3 is 0 Å². The van der Waals surface area contributed by atoms with E-state index in [2.05, 4.69) is 13.0 Å². The first-order chi connectivity index (χ1) is 7.63. The minimum Gasteiger partial charge on any atom is -0.496 e. The van der Waals surface area contributed by atoms with E-state index in [0.717, 1.165) is 17.7 Å². The molecule has 0 bridgehead atoms. The monoisotopic (exact) mass is 218 g/mol. The Hall–Kier alpha value is -1.31. The molecular weight excluding hydrogens is 200 g/mol. The van der Waals surface area contributed by atoms with Crippen LogP contribution in [0.5, 0.6) is 5.75 Å². The zero-order chi connectivity index (χ0) is 11.7. The summed E-state index contributed by atoms with van der Waals surface area (Å²) in [5.74, 6) is 1.39. The number of hydrogen-bond acceptors (Lipinski definition) is 2. The lowest BCUT2D eigenvalue weighted by molar-refractivity contribution is 0.101. The molecule has 0 heterocycles. The van der Waals surface area contributed by atoms with Crippen molar-refractivity contribution in [1.29, 1.82) is 0 Å². The molecule has 0 radical (unpaired) electrons. The van der Waals surface area contributed by atoms with E-state index in [9.17, 15) is 4.79 Å². The molecule has 0 spiro atoms. The van der Waals surface area contributed by atoms with Gasteiger partial charge in [-0.1, -0.05) is 6.92 Å². The molecule has 0 saturated heterocycles. The number of carbonyl (C=O) groups is 1. The first kappa shape index (κ1) is 11.2. The maximum absolute atomic E-state index is 11.5. The van der Waals surface area contributed by atoms with Gasteiger partial charge in [0.05, 0.1) is 12.7 Å². The molecular formula is C14H18O2. The number of aryl methyl sites for hydroxylation is 1. The summed E-state index contributed by atoms with van der Waals surface area (Å²) >= 11 is 0. The number of fused-ring (bicyclic) bond motifs is 1. The molecule has 2 rings (SSSR count). The highest BCUT2D eigenvalue weighted by Gasteiger charge is 2.20. The Morgan fingerprint density at radius 2 is 2.19 bits per heavy atom. The number of ether oxygens (including phenoxy) is 1. The second-order valence-corrected chi connectivity index (χ2v) is 4.60. The summed E-state index contributed by atoms with van der Waals surface area (Å²) in [4.78, 5) is 11.5. The maximum atomic E-state index is 11.5. The van der Waals surface area contributed by atoms with Gasteiger partial charge < -0.3 is 4.74 Å². The predicted octanol–water partition coefficient (Wildman–Crippen LogP) is 3.34. The van der Waals surface area contributed by atoms with Crippen molar-refractivity contribution >= 4 is 5.78 Å². The Balaban J connectivity index is 2.55. The van der Waals surface area contributed by atoms with Gasteiger partial charge in [0, 0.05) is 0 Å². The fourth-order valence-electron chi connectivity index (χ4n) is 2.51. The van der Waals surface area contributed by atoms with Crippen LogP contribution in [0.1, 0.15) is 54.1 Å². The average Bonchev–Trinajstić information content (AvgIpc) is 2.28. The molecule has 0 unspecified atom stereocenters. The third-order valence-corrected chi connectivity index (χ3v) is 3.45. The smallest absolute Gasteiger partial charge is 0.163 e. The Morgan fingerprint density at radius 1 is 1.44 bits per heavy atom. The van der Waals surface area contributed by atoms with Crippen LogP contribution in [0.2, 0.25) is 0 Å². The van der Waals surface area contributed by atoms with E-state index >= 15 is 0 Å². The third kappa shape index (κ3) is 1.84. The minimum absolute atomic E-state index is 0.0814. The van der Waals surface area contributed by atoms with Crippen molar-refractivity contribution in [3.05, 3.63) is 28.8 Å². The van der Waals surface area contributed by atoms with E-state index in [0.29, 0.717) is 5.92 Å². The molecule has 1 atom stereocenters. The highest BCUT2D eigenvalue weighted by atomic mass is 16.5. The summed E-state index contributed by atoms with van der Waals surface area (Å²) in [6.07, 6.45) is 3.54. The highest BCUT2D eigenvalue weighted by molar-refractivity contribution is 5.97. The number of ketones is 1. The van der Waals surface area contributed by atoms with Crippen LogP contribution in [-0.4, -0.2) is 12.9 Å². The second kappa shape index (κ2) is 4.28. The normalized spacial score (nSPS) is 19.1. The molecule has 1 aromatic rings. The lowest BCUT2D eigenvalue weighted by atomic mass is 9.82. The number of methoxy groups -OCH3 is 1. The predicted molar refractivity (Wildman–Crippen MR) is 64.4 cm³/mol. The van der Waals surface area contributed by atoms with Crippen molar-refractivity contribution in [1.82, 2.24) is 0 Å². The van der Waals surface area contributed by atoms with E-state index in [1.165, 1.54) is 24.0 Å². The van der Waals surface area contributed by atoms with E-state index in [4.69, 9.17) is 4.74 Å². The zero-order valence-electron chi connectivity index (χ0n) is 10.2. The minimum atomic E-state index is 0.0814. The van der Waals surface area contributed by atoms with Crippen LogP contribution in [-0.2, 0) is 6.42 Å². The molecule has 0 saturated carbocycles. The third-order valence-electron chi connectivity index (χ3n) is 3.45.